The topological polar surface area (TPSA) is 64.6 Å². The van der Waals surface area contributed by atoms with Crippen LogP contribution in [0.3, 0.4) is 0 Å². The van der Waals surface area contributed by atoms with Crippen LogP contribution >= 0.6 is 0 Å². The minimum atomic E-state index is -0.0945. The van der Waals surface area contributed by atoms with Crippen molar-refractivity contribution in [3.05, 3.63) is 30.3 Å². The van der Waals surface area contributed by atoms with Gasteiger partial charge in [-0.1, -0.05) is 25.1 Å². The number of amides is 2. The van der Waals surface area contributed by atoms with E-state index in [1.807, 2.05) is 13.0 Å². The number of carbonyl (C=O) groups excluding carboxylic acids is 1. The molecule has 5 nitrogen and oxygen atoms in total. The highest BCUT2D eigenvalue weighted by atomic mass is 16.3. The molecular weight excluding hydrogens is 278 g/mol. The van der Waals surface area contributed by atoms with E-state index in [1.165, 1.54) is 5.69 Å². The first-order valence-corrected chi connectivity index (χ1v) is 8.14. The smallest absolute Gasteiger partial charge is 0.315 e. The number of carbonyl (C=O) groups is 1. The van der Waals surface area contributed by atoms with Crippen LogP contribution in [0.2, 0.25) is 0 Å². The van der Waals surface area contributed by atoms with E-state index in [2.05, 4.69) is 39.8 Å². The number of nitrogens with one attached hydrogen (secondary N) is 2. The Kier molecular flexibility index (Phi) is 6.52. The summed E-state index contributed by atoms with van der Waals surface area (Å²) >= 11 is 0. The van der Waals surface area contributed by atoms with Gasteiger partial charge in [0.25, 0.3) is 0 Å². The molecule has 22 heavy (non-hydrogen) atoms. The Balaban J connectivity index is 1.68. The van der Waals surface area contributed by atoms with Crippen molar-refractivity contribution in [3.8, 4) is 0 Å². The molecule has 1 aliphatic heterocycles. The van der Waals surface area contributed by atoms with Crippen molar-refractivity contribution < 1.29 is 9.90 Å². The van der Waals surface area contributed by atoms with Crippen LogP contribution in [-0.4, -0.2) is 43.4 Å². The third-order valence-corrected chi connectivity index (χ3v) is 4.18. The summed E-state index contributed by atoms with van der Waals surface area (Å²) in [5.74, 6) is 0.302. The number of benzene rings is 1. The zero-order chi connectivity index (χ0) is 15.8. The van der Waals surface area contributed by atoms with E-state index in [-0.39, 0.29) is 18.7 Å². The van der Waals surface area contributed by atoms with Gasteiger partial charge in [-0.15, -0.1) is 0 Å². The quantitative estimate of drug-likeness (QED) is 0.753. The van der Waals surface area contributed by atoms with Crippen LogP contribution in [0.25, 0.3) is 0 Å². The van der Waals surface area contributed by atoms with Gasteiger partial charge in [0.2, 0.25) is 0 Å². The van der Waals surface area contributed by atoms with E-state index < -0.39 is 0 Å². The lowest BCUT2D eigenvalue weighted by molar-refractivity contribution is 0.228. The minimum absolute atomic E-state index is 0.0945. The zero-order valence-corrected chi connectivity index (χ0v) is 13.3. The Labute approximate surface area is 132 Å². The number of aliphatic hydroxyl groups excluding tert-OH is 1. The summed E-state index contributed by atoms with van der Waals surface area (Å²) in [7, 11) is 0. The van der Waals surface area contributed by atoms with Gasteiger partial charge in [0.15, 0.2) is 0 Å². The lowest BCUT2D eigenvalue weighted by Crippen LogP contribution is -2.48. The summed E-state index contributed by atoms with van der Waals surface area (Å²) in [6, 6.07) is 10.5. The van der Waals surface area contributed by atoms with E-state index in [9.17, 15) is 4.79 Å². The standard InChI is InChI=1S/C17H27N3O2/c1-14(9-12-21)13-18-17(22)19-15-7-10-20(11-8-15)16-5-3-2-4-6-16/h2-6,14-15,21H,7-13H2,1H3,(H2,18,19,22). The Morgan fingerprint density at radius 1 is 1.32 bits per heavy atom. The van der Waals surface area contributed by atoms with Gasteiger partial charge in [0.05, 0.1) is 0 Å². The molecule has 0 radical (unpaired) electrons. The van der Waals surface area contributed by atoms with Crippen LogP contribution < -0.4 is 15.5 Å². The molecule has 0 spiro atoms. The molecule has 0 aliphatic carbocycles. The van der Waals surface area contributed by atoms with E-state index in [4.69, 9.17) is 5.11 Å². The largest absolute Gasteiger partial charge is 0.396 e. The van der Waals surface area contributed by atoms with Gasteiger partial charge in [0.1, 0.15) is 0 Å². The van der Waals surface area contributed by atoms with E-state index >= 15 is 0 Å². The summed E-state index contributed by atoms with van der Waals surface area (Å²) in [6.45, 7) is 4.73. The molecule has 0 bridgehead atoms. The number of hydrogen-bond acceptors (Lipinski definition) is 3. The predicted octanol–water partition coefficient (Wildman–Crippen LogP) is 1.97. The number of nitrogens with zero attached hydrogens (tertiary/aromatic N) is 1. The lowest BCUT2D eigenvalue weighted by atomic mass is 10.0. The Bertz CT molecular complexity index is 444. The molecule has 2 rings (SSSR count). The van der Waals surface area contributed by atoms with Crippen LogP contribution in [0.1, 0.15) is 26.2 Å². The van der Waals surface area contributed by atoms with Crippen molar-refractivity contribution in [2.75, 3.05) is 31.1 Å². The fraction of sp³-hybridized carbons (Fsp3) is 0.588. The van der Waals surface area contributed by atoms with Gasteiger partial charge in [0, 0.05) is 38.0 Å². The third-order valence-electron chi connectivity index (χ3n) is 4.18. The van der Waals surface area contributed by atoms with Gasteiger partial charge >= 0.3 is 6.03 Å². The third kappa shape index (κ3) is 5.22. The van der Waals surface area contributed by atoms with E-state index in [1.54, 1.807) is 0 Å². The molecule has 3 N–H and O–H groups in total. The highest BCUT2D eigenvalue weighted by molar-refractivity contribution is 5.74. The number of anilines is 1. The molecule has 1 aliphatic rings. The van der Waals surface area contributed by atoms with Crippen molar-refractivity contribution in [2.24, 2.45) is 5.92 Å². The van der Waals surface area contributed by atoms with Crippen LogP contribution in [0.15, 0.2) is 30.3 Å². The van der Waals surface area contributed by atoms with Gasteiger partial charge in [-0.3, -0.25) is 0 Å². The zero-order valence-electron chi connectivity index (χ0n) is 13.3. The first kappa shape index (κ1) is 16.6. The molecule has 122 valence electrons. The van der Waals surface area contributed by atoms with Crippen LogP contribution in [0, 0.1) is 5.92 Å². The number of para-hydroxylation sites is 1. The number of aliphatic hydroxyl groups is 1. The maximum Gasteiger partial charge on any atom is 0.315 e. The molecule has 1 aromatic carbocycles. The fourth-order valence-electron chi connectivity index (χ4n) is 2.75. The second-order valence-corrected chi connectivity index (χ2v) is 6.07. The minimum Gasteiger partial charge on any atom is -0.396 e. The van der Waals surface area contributed by atoms with Crippen molar-refractivity contribution in [1.82, 2.24) is 10.6 Å². The molecule has 1 unspecified atom stereocenters. The number of piperidine rings is 1. The molecule has 5 heteroatoms. The second kappa shape index (κ2) is 8.63. The van der Waals surface area contributed by atoms with Crippen molar-refractivity contribution in [1.29, 1.82) is 0 Å². The molecule has 1 saturated heterocycles. The normalized spacial score (nSPS) is 17.1. The molecular formula is C17H27N3O2. The molecule has 0 aromatic heterocycles. The number of hydrogen-bond donors (Lipinski definition) is 3. The summed E-state index contributed by atoms with van der Waals surface area (Å²) in [5.41, 5.74) is 1.25. The van der Waals surface area contributed by atoms with Gasteiger partial charge in [-0.2, -0.15) is 0 Å². The van der Waals surface area contributed by atoms with Crippen LogP contribution in [0.5, 0.6) is 0 Å². The summed E-state index contributed by atoms with van der Waals surface area (Å²) in [5, 5.41) is 14.8. The Hall–Kier alpha value is -1.75. The SMILES string of the molecule is CC(CCO)CNC(=O)NC1CCN(c2ccccc2)CC1. The van der Waals surface area contributed by atoms with Crippen molar-refractivity contribution >= 4 is 11.7 Å². The average Bonchev–Trinajstić information content (AvgIpc) is 2.55. The predicted molar refractivity (Wildman–Crippen MR) is 89.1 cm³/mol. The summed E-state index contributed by atoms with van der Waals surface area (Å²) in [6.07, 6.45) is 2.65. The van der Waals surface area contributed by atoms with E-state index in [0.717, 1.165) is 32.4 Å². The first-order chi connectivity index (χ1) is 10.7. The summed E-state index contributed by atoms with van der Waals surface area (Å²) < 4.78 is 0. The lowest BCUT2D eigenvalue weighted by Gasteiger charge is -2.34. The molecule has 1 atom stereocenters. The maximum absolute atomic E-state index is 11.9. The Morgan fingerprint density at radius 2 is 2.00 bits per heavy atom. The molecule has 1 heterocycles. The van der Waals surface area contributed by atoms with E-state index in [0.29, 0.717) is 12.5 Å². The van der Waals surface area contributed by atoms with Gasteiger partial charge < -0.3 is 20.6 Å². The monoisotopic (exact) mass is 305 g/mol. The highest BCUT2D eigenvalue weighted by Gasteiger charge is 2.20. The number of urea groups is 1. The second-order valence-electron chi connectivity index (χ2n) is 6.07. The Morgan fingerprint density at radius 3 is 2.64 bits per heavy atom. The van der Waals surface area contributed by atoms with Crippen molar-refractivity contribution in [3.63, 3.8) is 0 Å². The van der Waals surface area contributed by atoms with Gasteiger partial charge in [-0.25, -0.2) is 4.79 Å². The average molecular weight is 305 g/mol. The number of rotatable bonds is 6. The van der Waals surface area contributed by atoms with Crippen LogP contribution in [0.4, 0.5) is 10.5 Å². The molecule has 1 aromatic rings. The molecule has 2 amide bonds. The van der Waals surface area contributed by atoms with Gasteiger partial charge in [-0.05, 0) is 37.3 Å². The van der Waals surface area contributed by atoms with Crippen LogP contribution in [-0.2, 0) is 0 Å². The first-order valence-electron chi connectivity index (χ1n) is 8.14. The van der Waals surface area contributed by atoms with Crippen molar-refractivity contribution in [2.45, 2.75) is 32.2 Å². The molecule has 1 fully saturated rings. The fourth-order valence-corrected chi connectivity index (χ4v) is 2.75. The molecule has 0 saturated carbocycles. The highest BCUT2D eigenvalue weighted by Crippen LogP contribution is 2.19. The summed E-state index contributed by atoms with van der Waals surface area (Å²) in [4.78, 5) is 14.2. The maximum atomic E-state index is 11.9.